The summed E-state index contributed by atoms with van der Waals surface area (Å²) in [6.45, 7) is 4.13. The van der Waals surface area contributed by atoms with Crippen LogP contribution in [0.15, 0.2) is 24.4 Å². The SMILES string of the molecule is CC(C)C[C@H](N)[C@@H](O)CC(=O)NC(CC1CCCCC1)c1ccccn1. The minimum Gasteiger partial charge on any atom is -0.391 e. The lowest BCUT2D eigenvalue weighted by Gasteiger charge is -2.27. The molecule has 1 unspecified atom stereocenters. The van der Waals surface area contributed by atoms with Gasteiger partial charge in [0.1, 0.15) is 0 Å². The number of pyridine rings is 1. The molecule has 26 heavy (non-hydrogen) atoms. The van der Waals surface area contributed by atoms with Crippen LogP contribution in [0.4, 0.5) is 0 Å². The molecule has 3 atom stereocenters. The van der Waals surface area contributed by atoms with E-state index in [-0.39, 0.29) is 24.4 Å². The summed E-state index contributed by atoms with van der Waals surface area (Å²) in [4.78, 5) is 17.0. The van der Waals surface area contributed by atoms with Crippen molar-refractivity contribution in [3.8, 4) is 0 Å². The van der Waals surface area contributed by atoms with Crippen molar-refractivity contribution in [3.63, 3.8) is 0 Å². The number of carbonyl (C=O) groups is 1. The summed E-state index contributed by atoms with van der Waals surface area (Å²) in [6, 6.07) is 5.34. The molecular formula is C21H35N3O2. The van der Waals surface area contributed by atoms with Gasteiger partial charge in [-0.3, -0.25) is 9.78 Å². The lowest BCUT2D eigenvalue weighted by Crippen LogP contribution is -2.40. The van der Waals surface area contributed by atoms with Crippen molar-refractivity contribution in [3.05, 3.63) is 30.1 Å². The summed E-state index contributed by atoms with van der Waals surface area (Å²) < 4.78 is 0. The Hall–Kier alpha value is -1.46. The van der Waals surface area contributed by atoms with Crippen LogP contribution in [0.5, 0.6) is 0 Å². The van der Waals surface area contributed by atoms with Crippen LogP contribution in [0.1, 0.15) is 76.9 Å². The maximum atomic E-state index is 12.5. The molecule has 1 aliphatic carbocycles. The van der Waals surface area contributed by atoms with Crippen LogP contribution in [0.3, 0.4) is 0 Å². The summed E-state index contributed by atoms with van der Waals surface area (Å²) >= 11 is 0. The predicted molar refractivity (Wildman–Crippen MR) is 104 cm³/mol. The van der Waals surface area contributed by atoms with E-state index in [2.05, 4.69) is 24.1 Å². The number of aromatic nitrogens is 1. The molecule has 0 aliphatic heterocycles. The van der Waals surface area contributed by atoms with Gasteiger partial charge in [-0.05, 0) is 36.8 Å². The largest absolute Gasteiger partial charge is 0.391 e. The van der Waals surface area contributed by atoms with Gasteiger partial charge in [-0.25, -0.2) is 0 Å². The third kappa shape index (κ3) is 7.04. The maximum absolute atomic E-state index is 12.5. The molecule has 1 fully saturated rings. The molecule has 1 aliphatic rings. The zero-order valence-corrected chi connectivity index (χ0v) is 16.2. The van der Waals surface area contributed by atoms with E-state index >= 15 is 0 Å². The van der Waals surface area contributed by atoms with E-state index in [1.165, 1.54) is 32.1 Å². The molecule has 1 amide bonds. The second-order valence-corrected chi connectivity index (χ2v) is 8.18. The highest BCUT2D eigenvalue weighted by Crippen LogP contribution is 2.31. The fraction of sp³-hybridized carbons (Fsp3) is 0.714. The van der Waals surface area contributed by atoms with Crippen molar-refractivity contribution < 1.29 is 9.90 Å². The van der Waals surface area contributed by atoms with Crippen molar-refractivity contribution in [1.29, 1.82) is 0 Å². The van der Waals surface area contributed by atoms with Gasteiger partial charge in [-0.1, -0.05) is 52.0 Å². The van der Waals surface area contributed by atoms with E-state index < -0.39 is 6.10 Å². The fourth-order valence-electron chi connectivity index (χ4n) is 3.89. The summed E-state index contributed by atoms with van der Waals surface area (Å²) in [7, 11) is 0. The molecule has 2 rings (SSSR count). The molecular weight excluding hydrogens is 326 g/mol. The Labute approximate surface area is 157 Å². The van der Waals surface area contributed by atoms with Crippen molar-refractivity contribution in [1.82, 2.24) is 10.3 Å². The van der Waals surface area contributed by atoms with Crippen LogP contribution in [0.2, 0.25) is 0 Å². The average molecular weight is 362 g/mol. The van der Waals surface area contributed by atoms with Gasteiger partial charge in [0, 0.05) is 12.2 Å². The van der Waals surface area contributed by atoms with Crippen molar-refractivity contribution in [2.75, 3.05) is 0 Å². The van der Waals surface area contributed by atoms with E-state index in [1.807, 2.05) is 18.2 Å². The first kappa shape index (κ1) is 20.8. The smallest absolute Gasteiger partial charge is 0.223 e. The van der Waals surface area contributed by atoms with Gasteiger partial charge < -0.3 is 16.2 Å². The molecule has 1 heterocycles. The Kier molecular flexibility index (Phi) is 8.52. The normalized spacial score (nSPS) is 19.1. The molecule has 146 valence electrons. The number of hydrogen-bond donors (Lipinski definition) is 3. The third-order valence-corrected chi connectivity index (χ3v) is 5.31. The summed E-state index contributed by atoms with van der Waals surface area (Å²) in [5, 5.41) is 13.3. The zero-order chi connectivity index (χ0) is 18.9. The number of nitrogens with two attached hydrogens (primary N) is 1. The minimum absolute atomic E-state index is 0.0435. The standard InChI is InChI=1S/C21H35N3O2/c1-15(2)12-17(22)20(25)14-21(26)24-19(18-10-6-7-11-23-18)13-16-8-4-3-5-9-16/h6-7,10-11,15-17,19-20,25H,3-5,8-9,12-14,22H2,1-2H3,(H,24,26)/t17-,19?,20-/m0/s1. The molecule has 1 aromatic rings. The molecule has 5 heteroatoms. The second-order valence-electron chi connectivity index (χ2n) is 8.18. The van der Waals surface area contributed by atoms with Crippen LogP contribution >= 0.6 is 0 Å². The van der Waals surface area contributed by atoms with Gasteiger partial charge in [0.05, 0.1) is 24.3 Å². The number of aliphatic hydroxyl groups excluding tert-OH is 1. The molecule has 0 aromatic carbocycles. The summed E-state index contributed by atoms with van der Waals surface area (Å²) in [5.41, 5.74) is 6.91. The minimum atomic E-state index is -0.809. The number of amides is 1. The Balaban J connectivity index is 1.95. The van der Waals surface area contributed by atoms with E-state index in [0.717, 1.165) is 12.1 Å². The fourth-order valence-corrected chi connectivity index (χ4v) is 3.89. The quantitative estimate of drug-likeness (QED) is 0.629. The summed E-state index contributed by atoms with van der Waals surface area (Å²) in [5.74, 6) is 0.877. The topological polar surface area (TPSA) is 88.2 Å². The Morgan fingerprint density at radius 3 is 2.65 bits per heavy atom. The van der Waals surface area contributed by atoms with Crippen LogP contribution in [0, 0.1) is 11.8 Å². The van der Waals surface area contributed by atoms with Crippen LogP contribution < -0.4 is 11.1 Å². The van der Waals surface area contributed by atoms with E-state index in [0.29, 0.717) is 18.3 Å². The first-order valence-corrected chi connectivity index (χ1v) is 10.1. The van der Waals surface area contributed by atoms with Crippen molar-refractivity contribution in [2.24, 2.45) is 17.6 Å². The van der Waals surface area contributed by atoms with Gasteiger partial charge in [-0.2, -0.15) is 0 Å². The Bertz CT molecular complexity index is 529. The lowest BCUT2D eigenvalue weighted by molar-refractivity contribution is -0.124. The maximum Gasteiger partial charge on any atom is 0.223 e. The van der Waals surface area contributed by atoms with Gasteiger partial charge in [0.15, 0.2) is 0 Å². The second kappa shape index (κ2) is 10.6. The first-order chi connectivity index (χ1) is 12.5. The van der Waals surface area contributed by atoms with Crippen molar-refractivity contribution >= 4 is 5.91 Å². The molecule has 1 aromatic heterocycles. The third-order valence-electron chi connectivity index (χ3n) is 5.31. The monoisotopic (exact) mass is 361 g/mol. The number of hydrogen-bond acceptors (Lipinski definition) is 4. The molecule has 0 saturated heterocycles. The van der Waals surface area contributed by atoms with Gasteiger partial charge in [-0.15, -0.1) is 0 Å². The van der Waals surface area contributed by atoms with E-state index in [4.69, 9.17) is 5.73 Å². The molecule has 0 spiro atoms. The molecule has 0 bridgehead atoms. The van der Waals surface area contributed by atoms with E-state index in [9.17, 15) is 9.90 Å². The molecule has 1 saturated carbocycles. The molecule has 5 nitrogen and oxygen atoms in total. The predicted octanol–water partition coefficient (Wildman–Crippen LogP) is 3.33. The summed E-state index contributed by atoms with van der Waals surface area (Å²) in [6.07, 6.45) is 8.93. The zero-order valence-electron chi connectivity index (χ0n) is 16.2. The lowest BCUT2D eigenvalue weighted by atomic mass is 9.84. The number of nitrogens with zero attached hydrogens (tertiary/aromatic N) is 1. The Morgan fingerprint density at radius 1 is 1.31 bits per heavy atom. The number of rotatable bonds is 9. The van der Waals surface area contributed by atoms with Gasteiger partial charge in [0.25, 0.3) is 0 Å². The number of aliphatic hydroxyl groups is 1. The van der Waals surface area contributed by atoms with Crippen LogP contribution in [0.25, 0.3) is 0 Å². The highest BCUT2D eigenvalue weighted by molar-refractivity contribution is 5.77. The van der Waals surface area contributed by atoms with Crippen LogP contribution in [-0.2, 0) is 4.79 Å². The average Bonchev–Trinajstić information content (AvgIpc) is 2.62. The molecule has 4 N–H and O–H groups in total. The van der Waals surface area contributed by atoms with Gasteiger partial charge >= 0.3 is 0 Å². The number of carbonyl (C=O) groups excluding carboxylic acids is 1. The molecule has 0 radical (unpaired) electrons. The van der Waals surface area contributed by atoms with Crippen molar-refractivity contribution in [2.45, 2.75) is 83.4 Å². The van der Waals surface area contributed by atoms with Gasteiger partial charge in [0.2, 0.25) is 5.91 Å². The first-order valence-electron chi connectivity index (χ1n) is 10.1. The number of nitrogens with one attached hydrogen (secondary N) is 1. The van der Waals surface area contributed by atoms with Crippen LogP contribution in [-0.4, -0.2) is 28.1 Å². The Morgan fingerprint density at radius 2 is 2.04 bits per heavy atom. The highest BCUT2D eigenvalue weighted by atomic mass is 16.3. The highest BCUT2D eigenvalue weighted by Gasteiger charge is 2.25. The van der Waals surface area contributed by atoms with E-state index in [1.54, 1.807) is 6.20 Å².